The fourth-order valence-corrected chi connectivity index (χ4v) is 2.25. The van der Waals surface area contributed by atoms with Gasteiger partial charge in [0.2, 0.25) is 0 Å². The molecule has 0 radical (unpaired) electrons. The van der Waals surface area contributed by atoms with Gasteiger partial charge in [0.25, 0.3) is 5.69 Å². The Balaban J connectivity index is 2.81. The van der Waals surface area contributed by atoms with Gasteiger partial charge in [-0.05, 0) is 41.6 Å². The van der Waals surface area contributed by atoms with E-state index in [2.05, 4.69) is 27.9 Å². The molecule has 0 aliphatic heterocycles. The fourth-order valence-electron chi connectivity index (χ4n) is 1.53. The molecule has 0 aromatic heterocycles. The molecule has 1 rings (SSSR count). The zero-order chi connectivity index (χ0) is 12.8. The van der Waals surface area contributed by atoms with Crippen molar-refractivity contribution < 1.29 is 9.66 Å². The molecule has 17 heavy (non-hydrogen) atoms. The first-order valence-corrected chi connectivity index (χ1v) is 6.25. The summed E-state index contributed by atoms with van der Waals surface area (Å²) in [4.78, 5) is 10.2. The van der Waals surface area contributed by atoms with Crippen LogP contribution in [-0.2, 0) is 11.2 Å². The molecule has 1 aromatic carbocycles. The van der Waals surface area contributed by atoms with Crippen LogP contribution in [0.25, 0.3) is 0 Å². The molecule has 1 aromatic rings. The number of halogens is 1. The second-order valence-electron chi connectivity index (χ2n) is 3.68. The average molecular weight is 350 g/mol. The minimum absolute atomic E-state index is 0.130. The summed E-state index contributed by atoms with van der Waals surface area (Å²) in [6.07, 6.45) is 0.792. The number of non-ortho nitro benzene ring substituents is 1. The minimum atomic E-state index is -0.378. The van der Waals surface area contributed by atoms with Gasteiger partial charge in [-0.15, -0.1) is 0 Å². The van der Waals surface area contributed by atoms with E-state index < -0.39 is 0 Å². The quantitative estimate of drug-likeness (QED) is 0.484. The molecular formula is C11H15IN2O3. The number of nitro groups is 1. The van der Waals surface area contributed by atoms with Crippen molar-refractivity contribution >= 4 is 28.3 Å². The molecule has 0 spiro atoms. The Bertz CT molecular complexity index is 398. The zero-order valence-electron chi connectivity index (χ0n) is 9.77. The largest absolute Gasteiger partial charge is 0.383 e. The van der Waals surface area contributed by atoms with Gasteiger partial charge in [-0.3, -0.25) is 10.1 Å². The molecule has 0 bridgehead atoms. The number of methoxy groups -OCH3 is 1. The molecule has 0 heterocycles. The van der Waals surface area contributed by atoms with Gasteiger partial charge in [0, 0.05) is 28.9 Å². The fraction of sp³-hybridized carbons (Fsp3) is 0.455. The lowest BCUT2D eigenvalue weighted by atomic mass is 10.1. The van der Waals surface area contributed by atoms with Crippen molar-refractivity contribution in [2.75, 3.05) is 20.8 Å². The van der Waals surface area contributed by atoms with Gasteiger partial charge >= 0.3 is 0 Å². The molecule has 0 amide bonds. The number of likely N-dealkylation sites (N-methyl/N-ethyl adjacent to an activating group) is 1. The molecule has 0 saturated heterocycles. The van der Waals surface area contributed by atoms with Crippen LogP contribution in [0.5, 0.6) is 0 Å². The van der Waals surface area contributed by atoms with E-state index >= 15 is 0 Å². The van der Waals surface area contributed by atoms with Gasteiger partial charge in [-0.25, -0.2) is 0 Å². The van der Waals surface area contributed by atoms with Crippen molar-refractivity contribution in [2.24, 2.45) is 0 Å². The second kappa shape index (κ2) is 6.87. The standard InChI is InChI=1S/C11H15IN2O3/c1-13-9(7-17-2)5-8-3-4-10(14(15)16)6-11(8)12/h3-4,6,9,13H,5,7H2,1-2H3. The summed E-state index contributed by atoms with van der Waals surface area (Å²) in [6, 6.07) is 5.15. The lowest BCUT2D eigenvalue weighted by molar-refractivity contribution is -0.385. The Hall–Kier alpha value is -0.730. The Morgan fingerprint density at radius 2 is 2.29 bits per heavy atom. The van der Waals surface area contributed by atoms with Crippen LogP contribution in [0, 0.1) is 13.7 Å². The number of nitrogens with zero attached hydrogens (tertiary/aromatic N) is 1. The number of hydrogen-bond acceptors (Lipinski definition) is 4. The number of benzene rings is 1. The SMILES string of the molecule is CNC(COC)Cc1ccc([N+](=O)[O-])cc1I. The third-order valence-electron chi connectivity index (χ3n) is 2.49. The Kier molecular flexibility index (Phi) is 5.79. The molecular weight excluding hydrogens is 335 g/mol. The van der Waals surface area contributed by atoms with Gasteiger partial charge in [0.05, 0.1) is 11.5 Å². The molecule has 0 aliphatic carbocycles. The maximum absolute atomic E-state index is 10.6. The van der Waals surface area contributed by atoms with Crippen molar-refractivity contribution in [3.05, 3.63) is 37.4 Å². The third kappa shape index (κ3) is 4.21. The molecule has 0 aliphatic rings. The summed E-state index contributed by atoms with van der Waals surface area (Å²) in [6.45, 7) is 0.615. The van der Waals surface area contributed by atoms with Crippen LogP contribution in [0.3, 0.4) is 0 Å². The second-order valence-corrected chi connectivity index (χ2v) is 4.84. The van der Waals surface area contributed by atoms with Gasteiger partial charge in [0.15, 0.2) is 0 Å². The van der Waals surface area contributed by atoms with Crippen molar-refractivity contribution in [1.82, 2.24) is 5.32 Å². The first kappa shape index (κ1) is 14.3. The van der Waals surface area contributed by atoms with E-state index in [0.29, 0.717) is 6.61 Å². The molecule has 0 fully saturated rings. The minimum Gasteiger partial charge on any atom is -0.383 e. The summed E-state index contributed by atoms with van der Waals surface area (Å²) in [5.41, 5.74) is 1.22. The maximum atomic E-state index is 10.6. The summed E-state index contributed by atoms with van der Waals surface area (Å²) in [5, 5.41) is 13.8. The molecule has 5 nitrogen and oxygen atoms in total. The van der Waals surface area contributed by atoms with E-state index in [1.807, 2.05) is 7.05 Å². The highest BCUT2D eigenvalue weighted by atomic mass is 127. The van der Waals surface area contributed by atoms with E-state index in [4.69, 9.17) is 4.74 Å². The van der Waals surface area contributed by atoms with Crippen LogP contribution in [0.4, 0.5) is 5.69 Å². The molecule has 6 heteroatoms. The van der Waals surface area contributed by atoms with Gasteiger partial charge in [-0.1, -0.05) is 6.07 Å². The molecule has 1 N–H and O–H groups in total. The highest BCUT2D eigenvalue weighted by molar-refractivity contribution is 14.1. The maximum Gasteiger partial charge on any atom is 0.270 e. The predicted octanol–water partition coefficient (Wildman–Crippen LogP) is 1.98. The van der Waals surface area contributed by atoms with Crippen LogP contribution in [0.15, 0.2) is 18.2 Å². The van der Waals surface area contributed by atoms with Gasteiger partial charge in [-0.2, -0.15) is 0 Å². The summed E-state index contributed by atoms with van der Waals surface area (Å²) in [7, 11) is 3.53. The van der Waals surface area contributed by atoms with E-state index in [1.165, 1.54) is 6.07 Å². The van der Waals surface area contributed by atoms with Crippen molar-refractivity contribution in [1.29, 1.82) is 0 Å². The number of nitrogens with one attached hydrogen (secondary N) is 1. The number of hydrogen-bond donors (Lipinski definition) is 1. The van der Waals surface area contributed by atoms with Gasteiger partial charge < -0.3 is 10.1 Å². The highest BCUT2D eigenvalue weighted by Crippen LogP contribution is 2.20. The third-order valence-corrected chi connectivity index (χ3v) is 3.49. The lowest BCUT2D eigenvalue weighted by Gasteiger charge is -2.15. The topological polar surface area (TPSA) is 64.4 Å². The lowest BCUT2D eigenvalue weighted by Crippen LogP contribution is -2.32. The number of nitro benzene ring substituents is 1. The van der Waals surface area contributed by atoms with E-state index in [1.54, 1.807) is 19.2 Å². The van der Waals surface area contributed by atoms with Crippen molar-refractivity contribution in [3.63, 3.8) is 0 Å². The number of ether oxygens (including phenoxy) is 1. The van der Waals surface area contributed by atoms with Crippen LogP contribution in [0.2, 0.25) is 0 Å². The number of rotatable bonds is 6. The monoisotopic (exact) mass is 350 g/mol. The average Bonchev–Trinajstić information content (AvgIpc) is 2.30. The smallest absolute Gasteiger partial charge is 0.270 e. The summed E-state index contributed by atoms with van der Waals surface area (Å²) >= 11 is 2.12. The molecule has 0 saturated carbocycles. The molecule has 1 atom stereocenters. The Morgan fingerprint density at radius 3 is 2.76 bits per heavy atom. The van der Waals surface area contributed by atoms with Gasteiger partial charge in [0.1, 0.15) is 0 Å². The first-order chi connectivity index (χ1) is 8.08. The molecule has 94 valence electrons. The van der Waals surface area contributed by atoms with Crippen LogP contribution in [0.1, 0.15) is 5.56 Å². The van der Waals surface area contributed by atoms with Crippen LogP contribution in [-0.4, -0.2) is 31.7 Å². The summed E-state index contributed by atoms with van der Waals surface area (Å²) < 4.78 is 6.01. The summed E-state index contributed by atoms with van der Waals surface area (Å²) in [5.74, 6) is 0. The van der Waals surface area contributed by atoms with Crippen molar-refractivity contribution in [3.8, 4) is 0 Å². The Morgan fingerprint density at radius 1 is 1.59 bits per heavy atom. The Labute approximate surface area is 114 Å². The van der Waals surface area contributed by atoms with Crippen molar-refractivity contribution in [2.45, 2.75) is 12.5 Å². The zero-order valence-corrected chi connectivity index (χ0v) is 11.9. The van der Waals surface area contributed by atoms with E-state index in [0.717, 1.165) is 15.6 Å². The highest BCUT2D eigenvalue weighted by Gasteiger charge is 2.12. The predicted molar refractivity (Wildman–Crippen MR) is 74.2 cm³/mol. The van der Waals surface area contributed by atoms with E-state index in [9.17, 15) is 10.1 Å². The molecule has 1 unspecified atom stereocenters. The normalized spacial score (nSPS) is 12.4. The van der Waals surface area contributed by atoms with E-state index in [-0.39, 0.29) is 16.7 Å². The first-order valence-electron chi connectivity index (χ1n) is 5.17. The van der Waals surface area contributed by atoms with Crippen LogP contribution >= 0.6 is 22.6 Å². The van der Waals surface area contributed by atoms with Crippen LogP contribution < -0.4 is 5.32 Å².